The van der Waals surface area contributed by atoms with Gasteiger partial charge in [-0.3, -0.25) is 14.9 Å². The highest BCUT2D eigenvalue weighted by Gasteiger charge is 2.23. The molecule has 1 aliphatic carbocycles. The minimum Gasteiger partial charge on any atom is -0.367 e. The summed E-state index contributed by atoms with van der Waals surface area (Å²) in [6.07, 6.45) is 2.25. The van der Waals surface area contributed by atoms with E-state index in [-0.39, 0.29) is 23.0 Å². The average molecular weight is 409 g/mol. The largest absolute Gasteiger partial charge is 0.367 e. The number of aromatic nitrogens is 2. The fourth-order valence-corrected chi connectivity index (χ4v) is 3.57. The van der Waals surface area contributed by atoms with Crippen molar-refractivity contribution in [3.63, 3.8) is 0 Å². The van der Waals surface area contributed by atoms with E-state index in [9.17, 15) is 14.9 Å². The molecule has 0 aliphatic heterocycles. The van der Waals surface area contributed by atoms with E-state index in [1.807, 2.05) is 24.3 Å². The zero-order chi connectivity index (χ0) is 20.4. The molecule has 0 atom stereocenters. The average Bonchev–Trinajstić information content (AvgIpc) is 3.52. The molecule has 0 saturated heterocycles. The number of para-hydroxylation sites is 2. The van der Waals surface area contributed by atoms with Crippen LogP contribution in [0.3, 0.4) is 0 Å². The Morgan fingerprint density at radius 3 is 2.76 bits per heavy atom. The van der Waals surface area contributed by atoms with Crippen molar-refractivity contribution in [1.29, 1.82) is 0 Å². The van der Waals surface area contributed by atoms with Crippen molar-refractivity contribution in [1.82, 2.24) is 9.97 Å². The molecule has 9 heteroatoms. The van der Waals surface area contributed by atoms with Crippen molar-refractivity contribution in [2.45, 2.75) is 31.0 Å². The van der Waals surface area contributed by atoms with Gasteiger partial charge in [-0.1, -0.05) is 36.0 Å². The van der Waals surface area contributed by atoms with Gasteiger partial charge in [0.2, 0.25) is 5.91 Å². The number of nitrogens with zero attached hydrogens (tertiary/aromatic N) is 3. The Kier molecular flexibility index (Phi) is 5.30. The number of amides is 1. The molecule has 148 valence electrons. The molecule has 0 spiro atoms. The van der Waals surface area contributed by atoms with Crippen molar-refractivity contribution in [3.8, 4) is 0 Å². The van der Waals surface area contributed by atoms with Crippen molar-refractivity contribution in [2.75, 3.05) is 16.4 Å². The minimum atomic E-state index is -0.502. The van der Waals surface area contributed by atoms with Crippen LogP contribution in [0.25, 0.3) is 10.9 Å². The Balaban J connectivity index is 1.50. The van der Waals surface area contributed by atoms with Gasteiger partial charge in [0.15, 0.2) is 5.16 Å². The maximum Gasteiger partial charge on any atom is 0.293 e. The van der Waals surface area contributed by atoms with Gasteiger partial charge in [0, 0.05) is 17.5 Å². The molecular formula is C20H19N5O3S. The van der Waals surface area contributed by atoms with Gasteiger partial charge >= 0.3 is 0 Å². The normalized spacial score (nSPS) is 13.3. The number of nitrogens with one attached hydrogen (secondary N) is 2. The van der Waals surface area contributed by atoms with Crippen molar-refractivity contribution in [3.05, 3.63) is 58.1 Å². The first-order valence-corrected chi connectivity index (χ1v) is 10.2. The molecule has 1 aliphatic rings. The number of hydrogen-bond donors (Lipinski definition) is 2. The number of carbonyl (C=O) groups excluding carboxylic acids is 1. The second-order valence-corrected chi connectivity index (χ2v) is 7.80. The van der Waals surface area contributed by atoms with E-state index < -0.39 is 4.92 Å². The molecule has 2 N–H and O–H groups in total. The highest BCUT2D eigenvalue weighted by molar-refractivity contribution is 7.99. The van der Waals surface area contributed by atoms with Gasteiger partial charge in [0.05, 0.1) is 16.2 Å². The van der Waals surface area contributed by atoms with Gasteiger partial charge in [-0.15, -0.1) is 0 Å². The van der Waals surface area contributed by atoms with Gasteiger partial charge in [0.25, 0.3) is 5.69 Å². The van der Waals surface area contributed by atoms with Gasteiger partial charge in [-0.25, -0.2) is 9.97 Å². The van der Waals surface area contributed by atoms with Crippen LogP contribution in [0.1, 0.15) is 18.4 Å². The summed E-state index contributed by atoms with van der Waals surface area (Å²) in [6, 6.07) is 12.9. The first kappa shape index (κ1) is 19.1. The maximum absolute atomic E-state index is 12.4. The highest BCUT2D eigenvalue weighted by atomic mass is 32.2. The molecule has 0 radical (unpaired) electrons. The molecule has 0 unspecified atom stereocenters. The summed E-state index contributed by atoms with van der Waals surface area (Å²) < 4.78 is 0. The van der Waals surface area contributed by atoms with Crippen LogP contribution in [-0.2, 0) is 4.79 Å². The summed E-state index contributed by atoms with van der Waals surface area (Å²) in [5, 5.41) is 18.7. The number of aryl methyl sites for hydroxylation is 1. The molecule has 0 bridgehead atoms. The monoisotopic (exact) mass is 409 g/mol. The van der Waals surface area contributed by atoms with E-state index in [1.165, 1.54) is 17.8 Å². The summed E-state index contributed by atoms with van der Waals surface area (Å²) >= 11 is 1.20. The summed E-state index contributed by atoms with van der Waals surface area (Å²) in [7, 11) is 0. The van der Waals surface area contributed by atoms with Crippen LogP contribution in [-0.4, -0.2) is 32.6 Å². The third-order valence-electron chi connectivity index (χ3n) is 4.55. The summed E-state index contributed by atoms with van der Waals surface area (Å²) in [5.41, 5.74) is 1.54. The first-order valence-electron chi connectivity index (χ1n) is 9.21. The van der Waals surface area contributed by atoms with Crippen LogP contribution < -0.4 is 10.6 Å². The molecule has 1 fully saturated rings. The molecule has 4 rings (SSSR count). The van der Waals surface area contributed by atoms with Crippen LogP contribution in [0, 0.1) is 17.0 Å². The zero-order valence-electron chi connectivity index (χ0n) is 15.7. The predicted molar refractivity (Wildman–Crippen MR) is 113 cm³/mol. The fourth-order valence-electron chi connectivity index (χ4n) is 2.92. The number of anilines is 2. The van der Waals surface area contributed by atoms with Gasteiger partial charge < -0.3 is 10.6 Å². The second kappa shape index (κ2) is 8.04. The summed E-state index contributed by atoms with van der Waals surface area (Å²) in [4.78, 5) is 32.2. The SMILES string of the molecule is Cc1cccc([N+](=O)[O-])c1NC(=O)CSc1nc(NC2CC2)c2ccccc2n1. The van der Waals surface area contributed by atoms with Gasteiger partial charge in [-0.05, 0) is 37.5 Å². The third-order valence-corrected chi connectivity index (χ3v) is 5.39. The molecule has 2 aromatic carbocycles. The topological polar surface area (TPSA) is 110 Å². The number of nitro groups is 1. The second-order valence-electron chi connectivity index (χ2n) is 6.85. The predicted octanol–water partition coefficient (Wildman–Crippen LogP) is 4.15. The van der Waals surface area contributed by atoms with Gasteiger partial charge in [-0.2, -0.15) is 0 Å². The Morgan fingerprint density at radius 1 is 1.21 bits per heavy atom. The number of nitro benzene ring substituents is 1. The molecule has 1 aromatic heterocycles. The molecule has 29 heavy (non-hydrogen) atoms. The molecule has 8 nitrogen and oxygen atoms in total. The van der Waals surface area contributed by atoms with E-state index in [2.05, 4.69) is 20.6 Å². The Labute approximate surface area is 171 Å². The first-order chi connectivity index (χ1) is 14.0. The zero-order valence-corrected chi connectivity index (χ0v) is 16.5. The van der Waals surface area contributed by atoms with Crippen LogP contribution >= 0.6 is 11.8 Å². The number of benzene rings is 2. The fraction of sp³-hybridized carbons (Fsp3) is 0.250. The molecular weight excluding hydrogens is 390 g/mol. The smallest absolute Gasteiger partial charge is 0.293 e. The number of hydrogen-bond acceptors (Lipinski definition) is 7. The van der Waals surface area contributed by atoms with Crippen molar-refractivity contribution in [2.24, 2.45) is 0 Å². The van der Waals surface area contributed by atoms with E-state index in [0.29, 0.717) is 16.8 Å². The van der Waals surface area contributed by atoms with Crippen molar-refractivity contribution >= 4 is 45.8 Å². The van der Waals surface area contributed by atoms with Crippen LogP contribution in [0.15, 0.2) is 47.6 Å². The molecule has 1 heterocycles. The number of carbonyl (C=O) groups is 1. The van der Waals surface area contributed by atoms with E-state index in [0.717, 1.165) is 29.6 Å². The quantitative estimate of drug-likeness (QED) is 0.261. The number of fused-ring (bicyclic) bond motifs is 1. The third kappa shape index (κ3) is 4.45. The van der Waals surface area contributed by atoms with E-state index >= 15 is 0 Å². The van der Waals surface area contributed by atoms with Crippen LogP contribution in [0.4, 0.5) is 17.2 Å². The molecule has 3 aromatic rings. The summed E-state index contributed by atoms with van der Waals surface area (Å²) in [5.74, 6) is 0.476. The number of thioether (sulfide) groups is 1. The standard InChI is InChI=1S/C20H19N5O3S/c1-12-5-4-8-16(25(27)28)18(12)23-17(26)11-29-20-22-15-7-3-2-6-14(15)19(24-20)21-13-9-10-13/h2-8,13H,9-11H2,1H3,(H,23,26)(H,21,22,24). The number of rotatable bonds is 7. The maximum atomic E-state index is 12.4. The van der Waals surface area contributed by atoms with Gasteiger partial charge in [0.1, 0.15) is 11.5 Å². The lowest BCUT2D eigenvalue weighted by atomic mass is 10.1. The Morgan fingerprint density at radius 2 is 2.00 bits per heavy atom. The van der Waals surface area contributed by atoms with Crippen molar-refractivity contribution < 1.29 is 9.72 Å². The van der Waals surface area contributed by atoms with E-state index in [1.54, 1.807) is 19.1 Å². The summed E-state index contributed by atoms with van der Waals surface area (Å²) in [6.45, 7) is 1.72. The molecule has 1 saturated carbocycles. The lowest BCUT2D eigenvalue weighted by Gasteiger charge is -2.11. The minimum absolute atomic E-state index is 0.0483. The molecule has 1 amide bonds. The van der Waals surface area contributed by atoms with Crippen LogP contribution in [0.2, 0.25) is 0 Å². The van der Waals surface area contributed by atoms with Crippen LogP contribution in [0.5, 0.6) is 0 Å². The Hall–Kier alpha value is -3.20. The van der Waals surface area contributed by atoms with E-state index in [4.69, 9.17) is 0 Å². The lowest BCUT2D eigenvalue weighted by Crippen LogP contribution is -2.16. The highest BCUT2D eigenvalue weighted by Crippen LogP contribution is 2.30. The Bertz CT molecular complexity index is 1100. The lowest BCUT2D eigenvalue weighted by molar-refractivity contribution is -0.384.